The van der Waals surface area contributed by atoms with Crippen LogP contribution in [0.3, 0.4) is 0 Å². The van der Waals surface area contributed by atoms with Gasteiger partial charge in [-0.3, -0.25) is 4.99 Å². The summed E-state index contributed by atoms with van der Waals surface area (Å²) < 4.78 is 118. The maximum Gasteiger partial charge on any atom is 0.480 e. The molecule has 238 valence electrons. The van der Waals surface area contributed by atoms with Gasteiger partial charge in [0.1, 0.15) is 0 Å². The molecule has 2 aromatic carbocycles. The second kappa shape index (κ2) is 14.0. The van der Waals surface area contributed by atoms with Crippen LogP contribution < -0.4 is 9.54 Å². The zero-order valence-corrected chi connectivity index (χ0v) is 26.1. The van der Waals surface area contributed by atoms with Gasteiger partial charge in [-0.1, -0.05) is 54.5 Å². The highest BCUT2D eigenvalue weighted by Crippen LogP contribution is 2.37. The fourth-order valence-electron chi connectivity index (χ4n) is 3.25. The highest BCUT2D eigenvalue weighted by molar-refractivity contribution is 8.13. The van der Waals surface area contributed by atoms with Crippen molar-refractivity contribution in [1.82, 2.24) is 4.57 Å². The van der Waals surface area contributed by atoms with E-state index in [1.807, 2.05) is 24.3 Å². The van der Waals surface area contributed by atoms with Gasteiger partial charge in [-0.05, 0) is 30.5 Å². The molecule has 0 unspecified atom stereocenters. The Morgan fingerprint density at radius 1 is 1.00 bits per heavy atom. The molecule has 0 spiro atoms. The van der Waals surface area contributed by atoms with Gasteiger partial charge in [-0.2, -0.15) is 26.3 Å². The van der Waals surface area contributed by atoms with Gasteiger partial charge in [0.15, 0.2) is 29.8 Å². The molecule has 3 aromatic rings. The van der Waals surface area contributed by atoms with Crippen LogP contribution in [0.2, 0.25) is 10.0 Å². The zero-order valence-electron chi connectivity index (χ0n) is 22.1. The Labute approximate surface area is 255 Å². The lowest BCUT2D eigenvalue weighted by molar-refractivity contribution is -0.0444. The third kappa shape index (κ3) is 8.95. The van der Waals surface area contributed by atoms with Gasteiger partial charge in [0, 0.05) is 13.1 Å². The maximum absolute atomic E-state index is 11.4. The normalized spacial score (nSPS) is 13.1. The summed E-state index contributed by atoms with van der Waals surface area (Å²) in [5.74, 6) is 0.562. The van der Waals surface area contributed by atoms with Crippen molar-refractivity contribution in [3.8, 4) is 5.75 Å². The maximum atomic E-state index is 11.4. The molecule has 43 heavy (non-hydrogen) atoms. The number of rotatable bonds is 8. The van der Waals surface area contributed by atoms with Gasteiger partial charge in [0.2, 0.25) is 11.1 Å². The van der Waals surface area contributed by atoms with Crippen LogP contribution in [0.1, 0.15) is 32.3 Å². The predicted molar refractivity (Wildman–Crippen MR) is 150 cm³/mol. The Morgan fingerprint density at radius 3 is 2.00 bits per heavy atom. The van der Waals surface area contributed by atoms with E-state index in [0.29, 0.717) is 28.0 Å². The minimum absolute atomic E-state index is 0.0652. The largest absolute Gasteiger partial charge is 0.483 e. The first-order valence-electron chi connectivity index (χ1n) is 11.6. The molecule has 0 aliphatic rings. The van der Waals surface area contributed by atoms with Crippen molar-refractivity contribution in [2.24, 2.45) is 4.99 Å². The SMILES string of the molecule is CCC(CC)Oc1cc2c(cc1[N+]#N)sc(=NC)n2Cc1ccc(Cl)c(Cl)c1.O=S(=O)([N-]S(=O)(=O)C(F)(F)F)C(F)(F)F. The summed E-state index contributed by atoms with van der Waals surface area (Å²) in [6.07, 6.45) is 1.82. The number of nitrogens with zero attached hydrogens (tertiary/aromatic N) is 5. The number of hydrogen-bond donors (Lipinski definition) is 0. The molecule has 1 heterocycles. The molecule has 0 N–H and O–H groups in total. The van der Waals surface area contributed by atoms with E-state index in [-0.39, 0.29) is 6.10 Å². The Kier molecular flexibility index (Phi) is 11.9. The molecule has 3 rings (SSSR count). The summed E-state index contributed by atoms with van der Waals surface area (Å²) >= 11 is 13.7. The quantitative estimate of drug-likeness (QED) is 0.173. The number of thiazole rings is 1. The fourth-order valence-corrected chi connectivity index (χ4v) is 6.28. The van der Waals surface area contributed by atoms with E-state index >= 15 is 0 Å². The molecule has 0 bridgehead atoms. The van der Waals surface area contributed by atoms with E-state index in [2.05, 4.69) is 28.4 Å². The molecule has 0 aliphatic carbocycles. The van der Waals surface area contributed by atoms with Crippen LogP contribution in [0.25, 0.3) is 19.3 Å². The molecular weight excluding hydrogens is 695 g/mol. The van der Waals surface area contributed by atoms with Gasteiger partial charge in [-0.15, -0.1) is 0 Å². The molecule has 0 amide bonds. The van der Waals surface area contributed by atoms with Gasteiger partial charge in [-0.25, -0.2) is 16.8 Å². The first kappa shape index (κ1) is 36.6. The van der Waals surface area contributed by atoms with Crippen LogP contribution in [-0.2, 0) is 26.6 Å². The van der Waals surface area contributed by atoms with Crippen LogP contribution >= 0.6 is 34.5 Å². The van der Waals surface area contributed by atoms with E-state index in [1.54, 1.807) is 13.1 Å². The van der Waals surface area contributed by atoms with E-state index in [0.717, 1.165) is 37.6 Å². The van der Waals surface area contributed by atoms with Gasteiger partial charge in [0.25, 0.3) is 0 Å². The van der Waals surface area contributed by atoms with Gasteiger partial charge >= 0.3 is 16.7 Å². The first-order chi connectivity index (χ1) is 19.7. The average Bonchev–Trinajstić information content (AvgIpc) is 3.23. The van der Waals surface area contributed by atoms with Gasteiger partial charge < -0.3 is 13.4 Å². The highest BCUT2D eigenvalue weighted by Gasteiger charge is 2.47. The summed E-state index contributed by atoms with van der Waals surface area (Å²) in [4.78, 5) is 8.68. The molecule has 0 fully saturated rings. The molecule has 10 nitrogen and oxygen atoms in total. The lowest BCUT2D eigenvalue weighted by atomic mass is 10.2. The number of alkyl halides is 6. The van der Waals surface area contributed by atoms with Crippen LogP contribution in [0.15, 0.2) is 35.3 Å². The van der Waals surface area contributed by atoms with Gasteiger partial charge in [0.05, 0.1) is 39.0 Å². The van der Waals surface area contributed by atoms with Crippen LogP contribution in [0.5, 0.6) is 5.75 Å². The Balaban J connectivity index is 0.000000367. The van der Waals surface area contributed by atoms with Crippen molar-refractivity contribution in [2.45, 2.75) is 50.4 Å². The lowest BCUT2D eigenvalue weighted by Gasteiger charge is -2.22. The third-order valence-electron chi connectivity index (χ3n) is 5.37. The van der Waals surface area contributed by atoms with Crippen LogP contribution in [0, 0.1) is 5.39 Å². The fraction of sp³-hybridized carbons (Fsp3) is 0.409. The predicted octanol–water partition coefficient (Wildman–Crippen LogP) is 7.70. The van der Waals surface area contributed by atoms with E-state index in [9.17, 15) is 48.6 Å². The minimum Gasteiger partial charge on any atom is -0.483 e. The summed E-state index contributed by atoms with van der Waals surface area (Å²) in [7, 11) is -11.7. The Bertz CT molecular complexity index is 1760. The first-order valence-corrected chi connectivity index (χ1v) is 16.1. The van der Waals surface area contributed by atoms with Crippen molar-refractivity contribution in [3.63, 3.8) is 0 Å². The van der Waals surface area contributed by atoms with Crippen molar-refractivity contribution in [3.05, 3.63) is 59.8 Å². The van der Waals surface area contributed by atoms with Crippen molar-refractivity contribution < 1.29 is 47.9 Å². The van der Waals surface area contributed by atoms with Crippen LogP contribution in [0.4, 0.5) is 32.0 Å². The van der Waals surface area contributed by atoms with E-state index < -0.39 is 31.1 Å². The average molecular weight is 717 g/mol. The number of halogens is 8. The molecule has 1 aromatic heterocycles. The number of sulfonamides is 2. The molecule has 21 heteroatoms. The topological polar surface area (TPSA) is 137 Å². The van der Waals surface area contributed by atoms with Crippen LogP contribution in [-0.4, -0.2) is 45.6 Å². The monoisotopic (exact) mass is 715 g/mol. The molecule has 0 atom stereocenters. The Morgan fingerprint density at radius 2 is 1.56 bits per heavy atom. The van der Waals surface area contributed by atoms with Crippen molar-refractivity contribution >= 4 is 70.5 Å². The zero-order chi connectivity index (χ0) is 33.0. The standard InChI is InChI=1S/C20H21Cl2N4OS.C2F6NO4S2/c1-4-13(5-2)27-18-10-17-19(9-16(18)25-23)28-20(24-3)26(17)11-12-6-7-14(21)15(22)8-12;3-1(4,5)14(10,11)9-15(12,13)2(6,7)8/h6-10,13H,4-5,11H2,1-3H3;/q+1;-1. The lowest BCUT2D eigenvalue weighted by Crippen LogP contribution is -2.30. The number of benzene rings is 2. The highest BCUT2D eigenvalue weighted by atomic mass is 35.5. The van der Waals surface area contributed by atoms with Crippen molar-refractivity contribution in [1.29, 1.82) is 5.39 Å². The third-order valence-corrected chi connectivity index (χ3v) is 9.98. The second-order valence-electron chi connectivity index (χ2n) is 8.30. The molecule has 0 radical (unpaired) electrons. The van der Waals surface area contributed by atoms with E-state index in [4.69, 9.17) is 27.9 Å². The second-order valence-corrected chi connectivity index (χ2v) is 13.5. The minimum atomic E-state index is -6.72. The summed E-state index contributed by atoms with van der Waals surface area (Å²) in [5.41, 5.74) is -10.0. The van der Waals surface area contributed by atoms with Crippen molar-refractivity contribution in [2.75, 3.05) is 7.05 Å². The number of hydrogen-bond acceptors (Lipinski definition) is 8. The molecule has 0 saturated carbocycles. The molecule has 0 aliphatic heterocycles. The number of aromatic nitrogens is 1. The van der Waals surface area contributed by atoms with E-state index in [1.165, 1.54) is 11.3 Å². The molecule has 0 saturated heterocycles. The summed E-state index contributed by atoms with van der Waals surface area (Å²) in [5, 5.41) is 10.5. The smallest absolute Gasteiger partial charge is 0.480 e. The Hall–Kier alpha value is -2.63. The summed E-state index contributed by atoms with van der Waals surface area (Å²) in [6.45, 7) is 4.74. The summed E-state index contributed by atoms with van der Waals surface area (Å²) in [6, 6.07) is 9.35. The number of fused-ring (bicyclic) bond motifs is 1. The number of ether oxygens (including phenoxy) is 1. The number of diazo groups is 1. The molecular formula is C22H21Cl2F6N5O5S3.